The Morgan fingerprint density at radius 1 is 1.47 bits per heavy atom. The van der Waals surface area contributed by atoms with Crippen LogP contribution in [0.15, 0.2) is 11.6 Å². The number of hydrogen-bond acceptors (Lipinski definition) is 2. The minimum Gasteiger partial charge on any atom is -0.352 e. The molecule has 0 aromatic heterocycles. The molecule has 1 heterocycles. The van der Waals surface area contributed by atoms with Gasteiger partial charge in [-0.05, 0) is 38.6 Å². The average Bonchev–Trinajstić information content (AvgIpc) is 3.02. The zero-order chi connectivity index (χ0) is 10.7. The molecule has 3 nitrogen and oxygen atoms in total. The van der Waals surface area contributed by atoms with Gasteiger partial charge in [0.1, 0.15) is 0 Å². The van der Waals surface area contributed by atoms with Gasteiger partial charge >= 0.3 is 0 Å². The molecule has 0 aromatic carbocycles. The van der Waals surface area contributed by atoms with Crippen LogP contribution in [0.4, 0.5) is 0 Å². The number of rotatable bonds is 3. The molecule has 1 aliphatic carbocycles. The molecule has 0 radical (unpaired) electrons. The summed E-state index contributed by atoms with van der Waals surface area (Å²) >= 11 is 0. The van der Waals surface area contributed by atoms with E-state index in [4.69, 9.17) is 0 Å². The normalized spacial score (nSPS) is 22.6. The minimum absolute atomic E-state index is 0.112. The van der Waals surface area contributed by atoms with Gasteiger partial charge in [0.15, 0.2) is 0 Å². The van der Waals surface area contributed by atoms with Crippen molar-refractivity contribution in [1.29, 1.82) is 0 Å². The van der Waals surface area contributed by atoms with Crippen molar-refractivity contribution >= 4 is 5.91 Å². The average molecular weight is 208 g/mol. The summed E-state index contributed by atoms with van der Waals surface area (Å²) in [6.45, 7) is 3.05. The largest absolute Gasteiger partial charge is 0.352 e. The molecule has 2 rings (SSSR count). The van der Waals surface area contributed by atoms with E-state index in [-0.39, 0.29) is 5.91 Å². The highest BCUT2D eigenvalue weighted by atomic mass is 16.1. The SMILES string of the molecule is CN1CCC(=CC(=O)NCC2CC2)CC1. The summed E-state index contributed by atoms with van der Waals surface area (Å²) < 4.78 is 0. The molecule has 84 valence electrons. The third-order valence-corrected chi connectivity index (χ3v) is 3.23. The maximum absolute atomic E-state index is 11.5. The van der Waals surface area contributed by atoms with Gasteiger partial charge in [0.05, 0.1) is 0 Å². The van der Waals surface area contributed by atoms with Gasteiger partial charge in [-0.1, -0.05) is 5.57 Å². The molecule has 0 unspecified atom stereocenters. The summed E-state index contributed by atoms with van der Waals surface area (Å²) in [5.74, 6) is 0.881. The Hall–Kier alpha value is -0.830. The maximum atomic E-state index is 11.5. The number of piperidine rings is 1. The molecule has 0 aromatic rings. The quantitative estimate of drug-likeness (QED) is 0.706. The molecular formula is C12H20N2O. The summed E-state index contributed by atoms with van der Waals surface area (Å²) in [7, 11) is 2.13. The Balaban J connectivity index is 1.72. The predicted octanol–water partition coefficient (Wildman–Crippen LogP) is 1.16. The van der Waals surface area contributed by atoms with Crippen LogP contribution in [0.3, 0.4) is 0 Å². The molecule has 1 saturated carbocycles. The second-order valence-electron chi connectivity index (χ2n) is 4.79. The molecule has 0 bridgehead atoms. The molecule has 2 fully saturated rings. The Morgan fingerprint density at radius 2 is 2.13 bits per heavy atom. The predicted molar refractivity (Wildman–Crippen MR) is 60.5 cm³/mol. The Morgan fingerprint density at radius 3 is 2.73 bits per heavy atom. The fraction of sp³-hybridized carbons (Fsp3) is 0.750. The Bertz CT molecular complexity index is 259. The first-order valence-corrected chi connectivity index (χ1v) is 5.90. The van der Waals surface area contributed by atoms with Crippen LogP contribution in [-0.2, 0) is 4.79 Å². The molecule has 1 amide bonds. The van der Waals surface area contributed by atoms with Crippen molar-refractivity contribution < 1.29 is 4.79 Å². The van der Waals surface area contributed by atoms with Crippen LogP contribution < -0.4 is 5.32 Å². The van der Waals surface area contributed by atoms with E-state index < -0.39 is 0 Å². The number of carbonyl (C=O) groups is 1. The van der Waals surface area contributed by atoms with Crippen LogP contribution in [-0.4, -0.2) is 37.5 Å². The van der Waals surface area contributed by atoms with Crippen LogP contribution in [0.25, 0.3) is 0 Å². The summed E-state index contributed by atoms with van der Waals surface area (Å²) in [6.07, 6.45) is 6.50. The van der Waals surface area contributed by atoms with Crippen molar-refractivity contribution in [3.05, 3.63) is 11.6 Å². The van der Waals surface area contributed by atoms with Crippen molar-refractivity contribution in [2.75, 3.05) is 26.7 Å². The number of carbonyl (C=O) groups excluding carboxylic acids is 1. The molecule has 0 atom stereocenters. The smallest absolute Gasteiger partial charge is 0.243 e. The van der Waals surface area contributed by atoms with Gasteiger partial charge in [-0.15, -0.1) is 0 Å². The highest BCUT2D eigenvalue weighted by molar-refractivity contribution is 5.88. The molecule has 1 aliphatic heterocycles. The number of hydrogen-bond donors (Lipinski definition) is 1. The van der Waals surface area contributed by atoms with Crippen molar-refractivity contribution in [1.82, 2.24) is 10.2 Å². The summed E-state index contributed by atoms with van der Waals surface area (Å²) in [5, 5.41) is 2.97. The van der Waals surface area contributed by atoms with Gasteiger partial charge in [0.2, 0.25) is 5.91 Å². The standard InChI is InChI=1S/C12H20N2O/c1-14-6-4-10(5-7-14)8-12(15)13-9-11-2-3-11/h8,11H,2-7,9H2,1H3,(H,13,15). The number of likely N-dealkylation sites (tertiary alicyclic amines) is 1. The van der Waals surface area contributed by atoms with Gasteiger partial charge in [-0.2, -0.15) is 0 Å². The third-order valence-electron chi connectivity index (χ3n) is 3.23. The lowest BCUT2D eigenvalue weighted by atomic mass is 10.0. The van der Waals surface area contributed by atoms with Crippen LogP contribution in [0.1, 0.15) is 25.7 Å². The second-order valence-corrected chi connectivity index (χ2v) is 4.79. The van der Waals surface area contributed by atoms with Gasteiger partial charge < -0.3 is 10.2 Å². The van der Waals surface area contributed by atoms with E-state index in [0.717, 1.165) is 38.4 Å². The highest BCUT2D eigenvalue weighted by Crippen LogP contribution is 2.27. The first-order chi connectivity index (χ1) is 7.24. The highest BCUT2D eigenvalue weighted by Gasteiger charge is 2.21. The third kappa shape index (κ3) is 3.67. The summed E-state index contributed by atoms with van der Waals surface area (Å²) in [4.78, 5) is 13.8. The van der Waals surface area contributed by atoms with Gasteiger partial charge in [-0.25, -0.2) is 0 Å². The van der Waals surface area contributed by atoms with E-state index in [2.05, 4.69) is 17.3 Å². The lowest BCUT2D eigenvalue weighted by Crippen LogP contribution is -2.28. The van der Waals surface area contributed by atoms with E-state index in [1.54, 1.807) is 0 Å². The Kier molecular flexibility index (Phi) is 3.41. The first-order valence-electron chi connectivity index (χ1n) is 5.90. The minimum atomic E-state index is 0.112. The molecule has 3 heteroatoms. The molecule has 2 aliphatic rings. The van der Waals surface area contributed by atoms with E-state index in [9.17, 15) is 4.79 Å². The van der Waals surface area contributed by atoms with Gasteiger partial charge in [-0.3, -0.25) is 4.79 Å². The van der Waals surface area contributed by atoms with Crippen molar-refractivity contribution in [2.45, 2.75) is 25.7 Å². The topological polar surface area (TPSA) is 32.3 Å². The zero-order valence-electron chi connectivity index (χ0n) is 9.46. The van der Waals surface area contributed by atoms with Crippen molar-refractivity contribution in [2.24, 2.45) is 5.92 Å². The monoisotopic (exact) mass is 208 g/mol. The maximum Gasteiger partial charge on any atom is 0.243 e. The fourth-order valence-electron chi connectivity index (χ4n) is 1.85. The van der Waals surface area contributed by atoms with Crippen LogP contribution in [0.5, 0.6) is 0 Å². The number of nitrogens with zero attached hydrogens (tertiary/aromatic N) is 1. The zero-order valence-corrected chi connectivity index (χ0v) is 9.46. The lowest BCUT2D eigenvalue weighted by Gasteiger charge is -2.23. The number of amides is 1. The molecule has 1 N–H and O–H groups in total. The van der Waals surface area contributed by atoms with Gasteiger partial charge in [0.25, 0.3) is 0 Å². The lowest BCUT2D eigenvalue weighted by molar-refractivity contribution is -0.116. The summed E-state index contributed by atoms with van der Waals surface area (Å²) in [5.41, 5.74) is 1.31. The second kappa shape index (κ2) is 4.79. The molecule has 1 saturated heterocycles. The van der Waals surface area contributed by atoms with E-state index in [1.165, 1.54) is 18.4 Å². The van der Waals surface area contributed by atoms with Gasteiger partial charge in [0, 0.05) is 25.7 Å². The molecular weight excluding hydrogens is 188 g/mol. The van der Waals surface area contributed by atoms with Crippen molar-refractivity contribution in [3.8, 4) is 0 Å². The van der Waals surface area contributed by atoms with Crippen LogP contribution in [0.2, 0.25) is 0 Å². The Labute approximate surface area is 91.5 Å². The van der Waals surface area contributed by atoms with E-state index in [1.807, 2.05) is 6.08 Å². The van der Waals surface area contributed by atoms with E-state index in [0.29, 0.717) is 0 Å². The summed E-state index contributed by atoms with van der Waals surface area (Å²) in [6, 6.07) is 0. The van der Waals surface area contributed by atoms with Crippen molar-refractivity contribution in [3.63, 3.8) is 0 Å². The molecule has 0 spiro atoms. The van der Waals surface area contributed by atoms with E-state index >= 15 is 0 Å². The first kappa shape index (κ1) is 10.7. The fourth-order valence-corrected chi connectivity index (χ4v) is 1.85. The van der Waals surface area contributed by atoms with Crippen LogP contribution >= 0.6 is 0 Å². The number of nitrogens with one attached hydrogen (secondary N) is 1. The van der Waals surface area contributed by atoms with Crippen LogP contribution in [0, 0.1) is 5.92 Å². The molecule has 15 heavy (non-hydrogen) atoms.